The van der Waals surface area contributed by atoms with Gasteiger partial charge in [-0.2, -0.15) is 12.6 Å². The van der Waals surface area contributed by atoms with Crippen molar-refractivity contribution in [2.75, 3.05) is 64.8 Å². The number of hydrogen-bond acceptors (Lipinski definition) is 14. The van der Waals surface area contributed by atoms with Crippen molar-refractivity contribution in [3.05, 3.63) is 0 Å². The zero-order valence-corrected chi connectivity index (χ0v) is 25.6. The number of aliphatic hydroxyl groups is 2. The lowest BCUT2D eigenvalue weighted by molar-refractivity contribution is -0.138. The number of nitrogens with one attached hydrogen (secondary N) is 9. The number of thiol groups is 1. The predicted molar refractivity (Wildman–Crippen MR) is 159 cm³/mol. The van der Waals surface area contributed by atoms with Crippen molar-refractivity contribution in [3.63, 3.8) is 0 Å². The van der Waals surface area contributed by atoms with Gasteiger partial charge < -0.3 is 68.9 Å². The van der Waals surface area contributed by atoms with Crippen molar-refractivity contribution >= 4 is 71.8 Å². The summed E-state index contributed by atoms with van der Waals surface area (Å²) in [5.41, 5.74) is 5.10. The highest BCUT2D eigenvalue weighted by atomic mass is 32.1. The van der Waals surface area contributed by atoms with E-state index in [4.69, 9.17) is 15.9 Å². The van der Waals surface area contributed by atoms with E-state index in [0.717, 1.165) is 0 Å². The first kappa shape index (κ1) is 41.9. The van der Waals surface area contributed by atoms with E-state index in [0.29, 0.717) is 0 Å². The molecule has 0 aliphatic heterocycles. The third kappa shape index (κ3) is 19.1. The molecule has 0 saturated heterocycles. The molecule has 264 valence electrons. The lowest BCUT2D eigenvalue weighted by atomic mass is 10.2. The number of carboxylic acids is 1. The van der Waals surface area contributed by atoms with Gasteiger partial charge in [0.25, 0.3) is 0 Å². The monoisotopic (exact) mass is 694 g/mol. The van der Waals surface area contributed by atoms with Gasteiger partial charge in [0.1, 0.15) is 24.7 Å². The molecule has 47 heavy (non-hydrogen) atoms. The molecule has 0 spiro atoms. The Morgan fingerprint density at radius 1 is 0.489 bits per heavy atom. The van der Waals surface area contributed by atoms with Gasteiger partial charge in [0.15, 0.2) is 0 Å². The number of carbonyl (C=O) groups is 10. The van der Waals surface area contributed by atoms with Gasteiger partial charge in [0.05, 0.1) is 52.5 Å². The minimum atomic E-state index is -1.54. The van der Waals surface area contributed by atoms with E-state index in [1.807, 2.05) is 5.32 Å². The third-order valence-corrected chi connectivity index (χ3v) is 5.65. The van der Waals surface area contributed by atoms with Crippen LogP contribution < -0.4 is 53.6 Å². The zero-order valence-electron chi connectivity index (χ0n) is 24.8. The Morgan fingerprint density at radius 3 is 1.19 bits per heavy atom. The highest BCUT2D eigenvalue weighted by molar-refractivity contribution is 7.80. The number of aliphatic carboxylic acids is 1. The number of carboxylic acid groups (broad SMARTS) is 1. The molecule has 14 N–H and O–H groups in total. The van der Waals surface area contributed by atoms with Crippen LogP contribution in [0, 0.1) is 0 Å². The molecule has 0 fully saturated rings. The largest absolute Gasteiger partial charge is 0.480 e. The van der Waals surface area contributed by atoms with Crippen LogP contribution >= 0.6 is 12.6 Å². The standard InChI is InChI=1S/C23H38N10O13S/c24-1-14(36)31-11(8-34)21(44)28-4-17(39)26-2-15(37)25-3-16(38)27-5-18(40)32-12(9-35)22(45)29-6-19(41)33-13(10-47)23(46)30-7-20(42)43/h11-13,34-35,47H,1-10,24H2,(H,25,37)(H,26,39)(H,27,38)(H,28,44)(H,29,45)(H,30,46)(H,31,36)(H,32,40)(H,33,41)(H,42,43)/t11-,12-,13-/m0/s1. The normalized spacial score (nSPS) is 12.1. The van der Waals surface area contributed by atoms with Gasteiger partial charge in [-0.25, -0.2) is 0 Å². The van der Waals surface area contributed by atoms with Crippen molar-refractivity contribution in [3.8, 4) is 0 Å². The van der Waals surface area contributed by atoms with Crippen LogP contribution in [0.15, 0.2) is 0 Å². The molecule has 0 aromatic rings. The Hall–Kier alpha value is -5.07. The third-order valence-electron chi connectivity index (χ3n) is 5.29. The van der Waals surface area contributed by atoms with E-state index in [2.05, 4.69) is 55.2 Å². The van der Waals surface area contributed by atoms with Gasteiger partial charge in [-0.3, -0.25) is 47.9 Å². The quantitative estimate of drug-likeness (QED) is 0.0468. The van der Waals surface area contributed by atoms with E-state index in [-0.39, 0.29) is 5.75 Å². The number of carbonyl (C=O) groups excluding carboxylic acids is 9. The molecule has 0 aliphatic carbocycles. The van der Waals surface area contributed by atoms with Crippen molar-refractivity contribution in [1.29, 1.82) is 0 Å². The smallest absolute Gasteiger partial charge is 0.322 e. The molecule has 0 radical (unpaired) electrons. The molecule has 0 aromatic carbocycles. The minimum Gasteiger partial charge on any atom is -0.480 e. The van der Waals surface area contributed by atoms with E-state index >= 15 is 0 Å². The van der Waals surface area contributed by atoms with Crippen LogP contribution in [0.25, 0.3) is 0 Å². The highest BCUT2D eigenvalue weighted by Crippen LogP contribution is 1.90. The second-order valence-corrected chi connectivity index (χ2v) is 9.35. The Balaban J connectivity index is 4.42. The molecule has 9 amide bonds. The number of nitrogens with two attached hydrogens (primary N) is 1. The summed E-state index contributed by atoms with van der Waals surface area (Å²) in [5, 5.41) is 46.3. The first-order chi connectivity index (χ1) is 22.2. The molecule has 3 atom stereocenters. The summed E-state index contributed by atoms with van der Waals surface area (Å²) >= 11 is 3.89. The molecule has 0 heterocycles. The molecule has 24 heteroatoms. The van der Waals surface area contributed by atoms with E-state index < -0.39 is 136 Å². The van der Waals surface area contributed by atoms with Crippen LogP contribution in [0.5, 0.6) is 0 Å². The number of hydrogen-bond donors (Lipinski definition) is 14. The maximum atomic E-state index is 12.2. The zero-order chi connectivity index (χ0) is 35.9. The predicted octanol–water partition coefficient (Wildman–Crippen LogP) is -9.90. The fourth-order valence-electron chi connectivity index (χ4n) is 2.92. The van der Waals surface area contributed by atoms with Crippen LogP contribution in [0.3, 0.4) is 0 Å². The second-order valence-electron chi connectivity index (χ2n) is 8.99. The first-order valence-corrected chi connectivity index (χ1v) is 14.1. The molecular weight excluding hydrogens is 656 g/mol. The van der Waals surface area contributed by atoms with Gasteiger partial charge in [-0.15, -0.1) is 0 Å². The number of amides is 9. The fourth-order valence-corrected chi connectivity index (χ4v) is 3.17. The Labute approximate surface area is 271 Å². The molecule has 0 saturated carbocycles. The summed E-state index contributed by atoms with van der Waals surface area (Å²) < 4.78 is 0. The van der Waals surface area contributed by atoms with Crippen LogP contribution in [0.4, 0.5) is 0 Å². The fraction of sp³-hybridized carbons (Fsp3) is 0.565. The van der Waals surface area contributed by atoms with Crippen molar-refractivity contribution in [1.82, 2.24) is 47.9 Å². The minimum absolute atomic E-state index is 0.194. The molecular formula is C23H38N10O13S. The lowest BCUT2D eigenvalue weighted by Crippen LogP contribution is -2.54. The SMILES string of the molecule is NCC(=O)N[C@@H](CO)C(=O)NCC(=O)NCC(=O)NCC(=O)NCC(=O)N[C@@H](CO)C(=O)NCC(=O)N[C@@H](CS)C(=O)NCC(=O)O. The van der Waals surface area contributed by atoms with Gasteiger partial charge >= 0.3 is 5.97 Å². The Kier molecular flexibility index (Phi) is 20.8. The maximum Gasteiger partial charge on any atom is 0.322 e. The van der Waals surface area contributed by atoms with Crippen LogP contribution in [-0.4, -0.2) is 157 Å². The van der Waals surface area contributed by atoms with E-state index in [9.17, 15) is 53.1 Å². The topological polar surface area (TPSA) is 366 Å². The van der Waals surface area contributed by atoms with Crippen LogP contribution in [0.2, 0.25) is 0 Å². The lowest BCUT2D eigenvalue weighted by Gasteiger charge is -2.18. The summed E-state index contributed by atoms with van der Waals surface area (Å²) in [7, 11) is 0. The van der Waals surface area contributed by atoms with Crippen LogP contribution in [0.1, 0.15) is 0 Å². The second kappa shape index (κ2) is 23.3. The summed E-state index contributed by atoms with van der Waals surface area (Å²) in [6.45, 7) is -6.00. The summed E-state index contributed by atoms with van der Waals surface area (Å²) in [5.74, 6) is -9.23. The van der Waals surface area contributed by atoms with Crippen molar-refractivity contribution in [2.24, 2.45) is 5.73 Å². The average molecular weight is 695 g/mol. The van der Waals surface area contributed by atoms with Gasteiger partial charge in [-0.1, -0.05) is 0 Å². The van der Waals surface area contributed by atoms with Gasteiger partial charge in [0.2, 0.25) is 53.2 Å². The van der Waals surface area contributed by atoms with Crippen molar-refractivity contribution < 1.29 is 63.3 Å². The maximum absolute atomic E-state index is 12.2. The van der Waals surface area contributed by atoms with E-state index in [1.54, 1.807) is 0 Å². The molecule has 0 aliphatic rings. The summed E-state index contributed by atoms with van der Waals surface area (Å²) in [6, 6.07) is -4.10. The molecule has 23 nitrogen and oxygen atoms in total. The van der Waals surface area contributed by atoms with Crippen molar-refractivity contribution in [2.45, 2.75) is 18.1 Å². The first-order valence-electron chi connectivity index (χ1n) is 13.4. The molecule has 0 unspecified atom stereocenters. The van der Waals surface area contributed by atoms with Gasteiger partial charge in [0, 0.05) is 5.75 Å². The summed E-state index contributed by atoms with van der Waals surface area (Å²) in [6.07, 6.45) is 0. The average Bonchev–Trinajstić information content (AvgIpc) is 3.05. The molecule has 0 rings (SSSR count). The Morgan fingerprint density at radius 2 is 0.809 bits per heavy atom. The van der Waals surface area contributed by atoms with Crippen LogP contribution in [-0.2, 0) is 47.9 Å². The number of rotatable bonds is 22. The van der Waals surface area contributed by atoms with E-state index in [1.165, 1.54) is 0 Å². The molecule has 0 aromatic heterocycles. The summed E-state index contributed by atoms with van der Waals surface area (Å²) in [4.78, 5) is 117. The van der Waals surface area contributed by atoms with Gasteiger partial charge in [-0.05, 0) is 0 Å². The highest BCUT2D eigenvalue weighted by Gasteiger charge is 2.23. The molecule has 0 bridgehead atoms. The number of aliphatic hydroxyl groups excluding tert-OH is 2. The Bertz CT molecular complexity index is 1170.